The van der Waals surface area contributed by atoms with E-state index < -0.39 is 0 Å². The number of aromatic nitrogens is 2. The molecule has 1 fully saturated rings. The van der Waals surface area contributed by atoms with Crippen molar-refractivity contribution in [2.75, 3.05) is 37.8 Å². The summed E-state index contributed by atoms with van der Waals surface area (Å²) in [5.74, 6) is 1.30. The van der Waals surface area contributed by atoms with Crippen molar-refractivity contribution >= 4 is 11.6 Å². The average Bonchev–Trinajstić information content (AvgIpc) is 3.03. The third-order valence-electron chi connectivity index (χ3n) is 7.32. The van der Waals surface area contributed by atoms with Crippen molar-refractivity contribution in [3.05, 3.63) is 114 Å². The summed E-state index contributed by atoms with van der Waals surface area (Å²) in [6.07, 6.45) is 8.98. The van der Waals surface area contributed by atoms with Crippen LogP contribution in [-0.2, 0) is 40.1 Å². The van der Waals surface area contributed by atoms with Crippen LogP contribution in [0.4, 0.5) is 5.82 Å². The lowest BCUT2D eigenvalue weighted by Gasteiger charge is -2.28. The van der Waals surface area contributed by atoms with Gasteiger partial charge in [-0.1, -0.05) is 54.6 Å². The molecule has 0 aliphatic carbocycles. The molecule has 40 heavy (non-hydrogen) atoms. The molecule has 0 radical (unpaired) electrons. The standard InChI is InChI=1S/C34H37N3O3/c38-32(14-12-28-4-3-17-35-25-28)13-11-27-7-9-29(10-8-27)26-40-21-16-30-5-1-2-6-33(30)31-15-18-36-34(24-31)37-19-22-39-23-20-37/h1-10,15,17-18,24-25H,11-14,16,19-23,26H2. The molecule has 4 aromatic rings. The number of pyridine rings is 2. The molecule has 0 atom stereocenters. The van der Waals surface area contributed by atoms with Crippen molar-refractivity contribution in [3.8, 4) is 11.1 Å². The van der Waals surface area contributed by atoms with E-state index in [1.54, 1.807) is 6.20 Å². The number of carbonyl (C=O) groups is 1. The Balaban J connectivity index is 1.07. The van der Waals surface area contributed by atoms with Gasteiger partial charge in [0.2, 0.25) is 0 Å². The van der Waals surface area contributed by atoms with Crippen LogP contribution < -0.4 is 4.90 Å². The zero-order chi connectivity index (χ0) is 27.4. The van der Waals surface area contributed by atoms with Gasteiger partial charge in [0, 0.05) is 44.5 Å². The Labute approximate surface area is 237 Å². The molecule has 0 saturated carbocycles. The number of benzene rings is 2. The highest BCUT2D eigenvalue weighted by molar-refractivity contribution is 5.78. The van der Waals surface area contributed by atoms with E-state index in [0.29, 0.717) is 31.8 Å². The van der Waals surface area contributed by atoms with Crippen LogP contribution >= 0.6 is 0 Å². The summed E-state index contributed by atoms with van der Waals surface area (Å²) in [6.45, 7) is 4.45. The second-order valence-electron chi connectivity index (χ2n) is 10.2. The first-order valence-corrected chi connectivity index (χ1v) is 14.2. The number of hydrogen-bond donors (Lipinski definition) is 0. The van der Waals surface area contributed by atoms with Gasteiger partial charge in [0.05, 0.1) is 26.4 Å². The van der Waals surface area contributed by atoms with Crippen molar-refractivity contribution in [3.63, 3.8) is 0 Å². The van der Waals surface area contributed by atoms with Gasteiger partial charge in [0.15, 0.2) is 0 Å². The highest BCUT2D eigenvalue weighted by Crippen LogP contribution is 2.27. The molecule has 0 unspecified atom stereocenters. The third kappa shape index (κ3) is 8.07. The Morgan fingerprint density at radius 3 is 2.40 bits per heavy atom. The number of rotatable bonds is 13. The maximum atomic E-state index is 12.3. The van der Waals surface area contributed by atoms with Gasteiger partial charge in [0.1, 0.15) is 11.6 Å². The van der Waals surface area contributed by atoms with Gasteiger partial charge in [-0.15, -0.1) is 0 Å². The number of anilines is 1. The molecule has 0 amide bonds. The zero-order valence-corrected chi connectivity index (χ0v) is 23.0. The molecule has 206 valence electrons. The fraction of sp³-hybridized carbons (Fsp3) is 0.324. The van der Waals surface area contributed by atoms with Crippen LogP contribution in [-0.4, -0.2) is 48.7 Å². The van der Waals surface area contributed by atoms with E-state index in [4.69, 9.17) is 9.47 Å². The van der Waals surface area contributed by atoms with Crippen molar-refractivity contribution < 1.29 is 14.3 Å². The van der Waals surface area contributed by atoms with Crippen molar-refractivity contribution in [1.82, 2.24) is 9.97 Å². The molecule has 6 heteroatoms. The number of ketones is 1. The summed E-state index contributed by atoms with van der Waals surface area (Å²) in [5, 5.41) is 0. The summed E-state index contributed by atoms with van der Waals surface area (Å²) in [6, 6.07) is 25.2. The quantitative estimate of drug-likeness (QED) is 0.199. The van der Waals surface area contributed by atoms with Gasteiger partial charge in [-0.2, -0.15) is 0 Å². The molecular formula is C34H37N3O3. The average molecular weight is 536 g/mol. The molecule has 1 saturated heterocycles. The lowest BCUT2D eigenvalue weighted by Crippen LogP contribution is -2.36. The molecule has 0 N–H and O–H groups in total. The van der Waals surface area contributed by atoms with Gasteiger partial charge < -0.3 is 14.4 Å². The summed E-state index contributed by atoms with van der Waals surface area (Å²) in [4.78, 5) is 23.3. The van der Waals surface area contributed by atoms with Gasteiger partial charge in [-0.05, 0) is 70.8 Å². The van der Waals surface area contributed by atoms with Crippen molar-refractivity contribution in [1.29, 1.82) is 0 Å². The van der Waals surface area contributed by atoms with E-state index >= 15 is 0 Å². The fourth-order valence-corrected chi connectivity index (χ4v) is 4.98. The van der Waals surface area contributed by atoms with Crippen LogP contribution in [0.2, 0.25) is 0 Å². The lowest BCUT2D eigenvalue weighted by atomic mass is 9.98. The lowest BCUT2D eigenvalue weighted by molar-refractivity contribution is -0.119. The smallest absolute Gasteiger partial charge is 0.133 e. The van der Waals surface area contributed by atoms with E-state index in [0.717, 1.165) is 62.5 Å². The van der Waals surface area contributed by atoms with Crippen LogP contribution in [0.25, 0.3) is 11.1 Å². The van der Waals surface area contributed by atoms with Gasteiger partial charge in [-0.3, -0.25) is 9.78 Å². The first-order chi connectivity index (χ1) is 19.7. The minimum Gasteiger partial charge on any atom is -0.378 e. The fourth-order valence-electron chi connectivity index (χ4n) is 4.98. The van der Waals surface area contributed by atoms with Crippen LogP contribution in [0.5, 0.6) is 0 Å². The second-order valence-corrected chi connectivity index (χ2v) is 10.2. The van der Waals surface area contributed by atoms with E-state index in [1.165, 1.54) is 22.3 Å². The minimum atomic E-state index is 0.292. The van der Waals surface area contributed by atoms with Crippen LogP contribution in [0.15, 0.2) is 91.4 Å². The zero-order valence-electron chi connectivity index (χ0n) is 23.0. The van der Waals surface area contributed by atoms with Gasteiger partial charge in [-0.25, -0.2) is 4.98 Å². The van der Waals surface area contributed by atoms with Crippen LogP contribution in [0.1, 0.15) is 35.1 Å². The van der Waals surface area contributed by atoms with Gasteiger partial charge in [0.25, 0.3) is 0 Å². The Morgan fingerprint density at radius 2 is 1.60 bits per heavy atom. The van der Waals surface area contributed by atoms with Crippen molar-refractivity contribution in [2.24, 2.45) is 0 Å². The number of ether oxygens (including phenoxy) is 2. The highest BCUT2D eigenvalue weighted by Gasteiger charge is 2.14. The van der Waals surface area contributed by atoms with E-state index in [-0.39, 0.29) is 0 Å². The number of aryl methyl sites for hydroxylation is 2. The number of hydrogen-bond acceptors (Lipinski definition) is 6. The molecule has 2 aromatic heterocycles. The van der Waals surface area contributed by atoms with Crippen LogP contribution in [0.3, 0.4) is 0 Å². The molecule has 6 nitrogen and oxygen atoms in total. The Bertz CT molecular complexity index is 1350. The normalized spacial score (nSPS) is 13.3. The number of morpholine rings is 1. The predicted octanol–water partition coefficient (Wildman–Crippen LogP) is 5.87. The highest BCUT2D eigenvalue weighted by atomic mass is 16.5. The summed E-state index contributed by atoms with van der Waals surface area (Å²) in [5.41, 5.74) is 7.11. The van der Waals surface area contributed by atoms with E-state index in [1.807, 2.05) is 24.5 Å². The first-order valence-electron chi connectivity index (χ1n) is 14.2. The maximum absolute atomic E-state index is 12.3. The summed E-state index contributed by atoms with van der Waals surface area (Å²) < 4.78 is 11.5. The molecule has 3 heterocycles. The molecule has 1 aliphatic heterocycles. The Kier molecular flexibility index (Phi) is 10.0. The molecule has 5 rings (SSSR count). The monoisotopic (exact) mass is 535 g/mol. The SMILES string of the molecule is O=C(CCc1ccc(COCCc2ccccc2-c2ccnc(N3CCOCC3)c2)cc1)CCc1cccnc1. The van der Waals surface area contributed by atoms with E-state index in [2.05, 4.69) is 75.5 Å². The summed E-state index contributed by atoms with van der Waals surface area (Å²) >= 11 is 0. The first kappa shape index (κ1) is 27.7. The van der Waals surface area contributed by atoms with Gasteiger partial charge >= 0.3 is 0 Å². The molecule has 0 bridgehead atoms. The molecule has 2 aromatic carbocycles. The van der Waals surface area contributed by atoms with E-state index in [9.17, 15) is 4.79 Å². The largest absolute Gasteiger partial charge is 0.378 e. The number of carbonyl (C=O) groups excluding carboxylic acids is 1. The topological polar surface area (TPSA) is 64.5 Å². The maximum Gasteiger partial charge on any atom is 0.133 e. The second kappa shape index (κ2) is 14.5. The Morgan fingerprint density at radius 1 is 0.825 bits per heavy atom. The Hall–Kier alpha value is -3.87. The summed E-state index contributed by atoms with van der Waals surface area (Å²) in [7, 11) is 0. The number of nitrogens with zero attached hydrogens (tertiary/aromatic N) is 3. The third-order valence-corrected chi connectivity index (χ3v) is 7.32. The predicted molar refractivity (Wildman–Crippen MR) is 158 cm³/mol. The molecular weight excluding hydrogens is 498 g/mol. The number of Topliss-reactive ketones (excluding diaryl/α,β-unsaturated/α-hetero) is 1. The van der Waals surface area contributed by atoms with Crippen LogP contribution in [0, 0.1) is 0 Å². The van der Waals surface area contributed by atoms with Crippen molar-refractivity contribution in [2.45, 2.75) is 38.7 Å². The molecule has 1 aliphatic rings. The minimum absolute atomic E-state index is 0.292. The molecule has 0 spiro atoms.